The number of benzene rings is 2. The maximum absolute atomic E-state index is 12.8. The lowest BCUT2D eigenvalue weighted by Gasteiger charge is -2.36. The van der Waals surface area contributed by atoms with E-state index in [2.05, 4.69) is 11.4 Å². The van der Waals surface area contributed by atoms with Crippen molar-refractivity contribution in [3.05, 3.63) is 65.2 Å². The number of carbonyl (C=O) groups excluding carboxylic acids is 1. The summed E-state index contributed by atoms with van der Waals surface area (Å²) in [7, 11) is 1.63. The van der Waals surface area contributed by atoms with Crippen LogP contribution < -0.4 is 5.32 Å². The molecule has 1 aliphatic rings. The van der Waals surface area contributed by atoms with E-state index < -0.39 is 0 Å². The minimum Gasteiger partial charge on any atom is -0.394 e. The van der Waals surface area contributed by atoms with Crippen molar-refractivity contribution in [2.45, 2.75) is 19.1 Å². The molecule has 0 saturated heterocycles. The van der Waals surface area contributed by atoms with E-state index in [1.807, 2.05) is 42.5 Å². The number of carbonyl (C=O) groups is 1. The van der Waals surface area contributed by atoms with Crippen molar-refractivity contribution in [1.82, 2.24) is 4.90 Å². The summed E-state index contributed by atoms with van der Waals surface area (Å²) < 4.78 is 5.18. The fourth-order valence-corrected chi connectivity index (χ4v) is 3.20. The molecule has 1 atom stereocenters. The van der Waals surface area contributed by atoms with Crippen molar-refractivity contribution >= 4 is 11.7 Å². The van der Waals surface area contributed by atoms with Gasteiger partial charge in [-0.25, -0.2) is 4.79 Å². The molecule has 3 rings (SSSR count). The third kappa shape index (κ3) is 3.27. The number of urea groups is 1. The molecule has 2 N–H and O–H groups in total. The van der Waals surface area contributed by atoms with E-state index in [1.165, 1.54) is 5.56 Å². The Labute approximate surface area is 141 Å². The van der Waals surface area contributed by atoms with Gasteiger partial charge in [-0.2, -0.15) is 0 Å². The molecule has 0 fully saturated rings. The number of amides is 2. The van der Waals surface area contributed by atoms with Crippen LogP contribution in [0.1, 0.15) is 22.7 Å². The molecule has 0 aliphatic carbocycles. The van der Waals surface area contributed by atoms with Gasteiger partial charge in [0.2, 0.25) is 0 Å². The fourth-order valence-electron chi connectivity index (χ4n) is 3.20. The molecule has 0 aromatic heterocycles. The van der Waals surface area contributed by atoms with E-state index in [-0.39, 0.29) is 18.7 Å². The Morgan fingerprint density at radius 3 is 2.79 bits per heavy atom. The van der Waals surface area contributed by atoms with Gasteiger partial charge in [0.25, 0.3) is 0 Å². The third-order valence-corrected chi connectivity index (χ3v) is 4.40. The summed E-state index contributed by atoms with van der Waals surface area (Å²) in [6, 6.07) is 15.0. The highest BCUT2D eigenvalue weighted by molar-refractivity contribution is 5.90. The van der Waals surface area contributed by atoms with E-state index in [4.69, 9.17) is 4.74 Å². The average Bonchev–Trinajstić information content (AvgIpc) is 2.62. The number of methoxy groups -OCH3 is 1. The zero-order valence-corrected chi connectivity index (χ0v) is 13.7. The summed E-state index contributed by atoms with van der Waals surface area (Å²) in [6.45, 7) is 0.924. The number of fused-ring (bicyclic) bond motifs is 1. The molecule has 126 valence electrons. The highest BCUT2D eigenvalue weighted by atomic mass is 16.5. The summed E-state index contributed by atoms with van der Waals surface area (Å²) >= 11 is 0. The lowest BCUT2D eigenvalue weighted by atomic mass is 9.93. The van der Waals surface area contributed by atoms with E-state index >= 15 is 0 Å². The molecule has 5 heteroatoms. The minimum atomic E-state index is -0.315. The van der Waals surface area contributed by atoms with Crippen molar-refractivity contribution in [2.75, 3.05) is 25.6 Å². The van der Waals surface area contributed by atoms with Gasteiger partial charge in [-0.15, -0.1) is 0 Å². The normalized spacial score (nSPS) is 16.6. The van der Waals surface area contributed by atoms with Crippen molar-refractivity contribution in [3.63, 3.8) is 0 Å². The summed E-state index contributed by atoms with van der Waals surface area (Å²) in [5, 5.41) is 12.8. The van der Waals surface area contributed by atoms with Crippen molar-refractivity contribution in [3.8, 4) is 0 Å². The smallest absolute Gasteiger partial charge is 0.322 e. The first-order valence-corrected chi connectivity index (χ1v) is 8.07. The van der Waals surface area contributed by atoms with E-state index in [0.29, 0.717) is 13.2 Å². The van der Waals surface area contributed by atoms with Crippen LogP contribution in [-0.4, -0.2) is 36.3 Å². The molecule has 1 unspecified atom stereocenters. The molecule has 5 nitrogen and oxygen atoms in total. The van der Waals surface area contributed by atoms with Gasteiger partial charge in [0.05, 0.1) is 19.3 Å². The molecule has 2 amide bonds. The monoisotopic (exact) mass is 326 g/mol. The zero-order chi connectivity index (χ0) is 16.9. The Balaban J connectivity index is 1.81. The Morgan fingerprint density at radius 1 is 1.25 bits per heavy atom. The van der Waals surface area contributed by atoms with Crippen molar-refractivity contribution < 1.29 is 14.6 Å². The van der Waals surface area contributed by atoms with Crippen molar-refractivity contribution in [2.24, 2.45) is 0 Å². The van der Waals surface area contributed by atoms with Crippen LogP contribution in [0.15, 0.2) is 48.5 Å². The lowest BCUT2D eigenvalue weighted by molar-refractivity contribution is 0.135. The van der Waals surface area contributed by atoms with Crippen LogP contribution in [0.5, 0.6) is 0 Å². The summed E-state index contributed by atoms with van der Waals surface area (Å²) in [6.07, 6.45) is 0.791. The molecule has 1 heterocycles. The Bertz CT molecular complexity index is 717. The van der Waals surface area contributed by atoms with Gasteiger partial charge in [-0.1, -0.05) is 42.5 Å². The number of nitrogens with zero attached hydrogens (tertiary/aromatic N) is 1. The van der Waals surface area contributed by atoms with Crippen LogP contribution in [0.3, 0.4) is 0 Å². The van der Waals surface area contributed by atoms with Gasteiger partial charge >= 0.3 is 6.03 Å². The topological polar surface area (TPSA) is 61.8 Å². The first-order valence-electron chi connectivity index (χ1n) is 8.07. The fraction of sp³-hybridized carbons (Fsp3) is 0.316. The Morgan fingerprint density at radius 2 is 2.00 bits per heavy atom. The maximum atomic E-state index is 12.8. The van der Waals surface area contributed by atoms with Crippen molar-refractivity contribution in [1.29, 1.82) is 0 Å². The predicted octanol–water partition coefficient (Wildman–Crippen LogP) is 2.96. The first-order chi connectivity index (χ1) is 11.7. The number of rotatable bonds is 4. The molecular formula is C19H22N2O3. The van der Waals surface area contributed by atoms with Gasteiger partial charge in [-0.3, -0.25) is 0 Å². The number of hydrogen-bond acceptors (Lipinski definition) is 3. The molecule has 24 heavy (non-hydrogen) atoms. The molecule has 1 aliphatic heterocycles. The van der Waals surface area contributed by atoms with Gasteiger partial charge < -0.3 is 20.1 Å². The molecule has 0 radical (unpaired) electrons. The van der Waals surface area contributed by atoms with E-state index in [1.54, 1.807) is 12.0 Å². The quantitative estimate of drug-likeness (QED) is 0.908. The number of aliphatic hydroxyl groups excluding tert-OH is 1. The summed E-state index contributed by atoms with van der Waals surface area (Å²) in [5.41, 5.74) is 3.87. The highest BCUT2D eigenvalue weighted by Crippen LogP contribution is 2.30. The number of ether oxygens (including phenoxy) is 1. The Kier molecular flexibility index (Phi) is 5.13. The van der Waals surface area contributed by atoms with Crippen LogP contribution in [0.4, 0.5) is 10.5 Å². The molecule has 2 aromatic carbocycles. The largest absolute Gasteiger partial charge is 0.394 e. The molecule has 0 bridgehead atoms. The number of aliphatic hydroxyl groups is 1. The number of nitrogens with one attached hydrogen (secondary N) is 1. The second kappa shape index (κ2) is 7.47. The van der Waals surface area contributed by atoms with Crippen LogP contribution in [-0.2, 0) is 17.8 Å². The second-order valence-corrected chi connectivity index (χ2v) is 5.86. The number of hydrogen-bond donors (Lipinski definition) is 2. The number of para-hydroxylation sites is 1. The average molecular weight is 326 g/mol. The third-order valence-electron chi connectivity index (χ3n) is 4.40. The molecule has 0 spiro atoms. The molecular weight excluding hydrogens is 304 g/mol. The van der Waals surface area contributed by atoms with Gasteiger partial charge in [0.15, 0.2) is 0 Å². The van der Waals surface area contributed by atoms with Gasteiger partial charge in [-0.05, 0) is 23.6 Å². The zero-order valence-electron chi connectivity index (χ0n) is 13.7. The second-order valence-electron chi connectivity index (χ2n) is 5.86. The van der Waals surface area contributed by atoms with Gasteiger partial charge in [0.1, 0.15) is 0 Å². The first kappa shape index (κ1) is 16.5. The van der Waals surface area contributed by atoms with Gasteiger partial charge in [0, 0.05) is 24.9 Å². The lowest BCUT2D eigenvalue weighted by Crippen LogP contribution is -2.44. The molecule has 2 aromatic rings. The Hall–Kier alpha value is -2.37. The van der Waals surface area contributed by atoms with Crippen LogP contribution in [0.2, 0.25) is 0 Å². The standard InChI is InChI=1S/C19H22N2O3/c1-24-13-15-7-3-5-9-17(15)20-19(23)21-11-10-14-6-2-4-8-16(14)18(21)12-22/h2-9,18,22H,10-13H2,1H3,(H,20,23). The van der Waals surface area contributed by atoms with E-state index in [0.717, 1.165) is 23.2 Å². The maximum Gasteiger partial charge on any atom is 0.322 e. The summed E-state index contributed by atoms with van der Waals surface area (Å²) in [4.78, 5) is 14.5. The van der Waals surface area contributed by atoms with Crippen LogP contribution in [0, 0.1) is 0 Å². The predicted molar refractivity (Wildman–Crippen MR) is 92.9 cm³/mol. The molecule has 0 saturated carbocycles. The van der Waals surface area contributed by atoms with Crippen LogP contribution >= 0.6 is 0 Å². The number of anilines is 1. The minimum absolute atomic E-state index is 0.0931. The van der Waals surface area contributed by atoms with Crippen LogP contribution in [0.25, 0.3) is 0 Å². The highest BCUT2D eigenvalue weighted by Gasteiger charge is 2.30. The summed E-state index contributed by atoms with van der Waals surface area (Å²) in [5.74, 6) is 0. The van der Waals surface area contributed by atoms with E-state index in [9.17, 15) is 9.90 Å². The SMILES string of the molecule is COCc1ccccc1NC(=O)N1CCc2ccccc2C1CO.